The third kappa shape index (κ3) is 6.58. The van der Waals surface area contributed by atoms with Crippen molar-refractivity contribution in [2.75, 3.05) is 28.0 Å². The molecule has 0 saturated heterocycles. The van der Waals surface area contributed by atoms with Gasteiger partial charge in [0.1, 0.15) is 0 Å². The summed E-state index contributed by atoms with van der Waals surface area (Å²) >= 11 is 0. The summed E-state index contributed by atoms with van der Waals surface area (Å²) in [5.41, 5.74) is 6.81. The van der Waals surface area contributed by atoms with E-state index in [0.717, 1.165) is 0 Å². The Hall–Kier alpha value is -1.73. The molecule has 0 atom stereocenters. The molecule has 2 rings (SSSR count). The van der Waals surface area contributed by atoms with Crippen LogP contribution in [0.1, 0.15) is 83.1 Å². The standard InChI is InChI=1S/C32H54N3P/c1-21(2)33(22(3)4)27-19-29(34(23(5)6)24(7)8)32(28-17-15-16-18-31(28)36(13)14)30(20-27)35(25(9)10)26(11)12/h15-26H,1-14H3. The van der Waals surface area contributed by atoms with Crippen LogP contribution < -0.4 is 20.0 Å². The maximum atomic E-state index is 2.63. The molecule has 4 heteroatoms. The number of nitrogens with zero attached hydrogens (tertiary/aromatic N) is 3. The Bertz CT molecular complexity index is 910. The molecule has 2 aromatic carbocycles. The molecule has 0 aromatic heterocycles. The molecular weight excluding hydrogens is 457 g/mol. The fraction of sp³-hybridized carbons (Fsp3) is 0.625. The van der Waals surface area contributed by atoms with E-state index in [4.69, 9.17) is 0 Å². The monoisotopic (exact) mass is 511 g/mol. The summed E-state index contributed by atoms with van der Waals surface area (Å²) in [6, 6.07) is 16.5. The third-order valence-electron chi connectivity index (χ3n) is 6.93. The van der Waals surface area contributed by atoms with Gasteiger partial charge in [-0.1, -0.05) is 32.2 Å². The van der Waals surface area contributed by atoms with Crippen LogP contribution >= 0.6 is 7.92 Å². The van der Waals surface area contributed by atoms with Crippen molar-refractivity contribution < 1.29 is 0 Å². The molecule has 0 amide bonds. The number of anilines is 3. The Balaban J connectivity index is 3.19. The fourth-order valence-electron chi connectivity index (χ4n) is 6.00. The molecule has 0 fully saturated rings. The minimum atomic E-state index is -0.253. The van der Waals surface area contributed by atoms with Gasteiger partial charge in [-0.3, -0.25) is 0 Å². The number of hydrogen-bond acceptors (Lipinski definition) is 3. The predicted octanol–water partition coefficient (Wildman–Crippen LogP) is 8.59. The van der Waals surface area contributed by atoms with Crippen LogP contribution in [0.25, 0.3) is 11.1 Å². The van der Waals surface area contributed by atoms with Crippen molar-refractivity contribution >= 4 is 30.3 Å². The molecule has 0 radical (unpaired) electrons. The van der Waals surface area contributed by atoms with E-state index in [1.807, 2.05) is 0 Å². The Kier molecular flexibility index (Phi) is 10.7. The summed E-state index contributed by atoms with van der Waals surface area (Å²) in [6.07, 6.45) is 0. The highest BCUT2D eigenvalue weighted by Gasteiger charge is 2.29. The minimum absolute atomic E-state index is 0.253. The maximum Gasteiger partial charge on any atom is 0.0492 e. The number of rotatable bonds is 11. The van der Waals surface area contributed by atoms with Gasteiger partial charge in [-0.25, -0.2) is 0 Å². The first-order chi connectivity index (χ1) is 16.7. The van der Waals surface area contributed by atoms with Crippen molar-refractivity contribution in [2.24, 2.45) is 0 Å². The van der Waals surface area contributed by atoms with E-state index in [2.05, 4.69) is 148 Å². The zero-order valence-electron chi connectivity index (χ0n) is 25.7. The second-order valence-electron chi connectivity index (χ2n) is 12.1. The Labute approximate surface area is 225 Å². The van der Waals surface area contributed by atoms with Crippen LogP contribution in [0.3, 0.4) is 0 Å². The normalized spacial score (nSPS) is 12.2. The molecule has 36 heavy (non-hydrogen) atoms. The average molecular weight is 512 g/mol. The quantitative estimate of drug-likeness (QED) is 0.280. The van der Waals surface area contributed by atoms with Gasteiger partial charge >= 0.3 is 0 Å². The van der Waals surface area contributed by atoms with Crippen LogP contribution in [0.15, 0.2) is 36.4 Å². The van der Waals surface area contributed by atoms with Gasteiger partial charge in [-0.2, -0.15) is 0 Å². The van der Waals surface area contributed by atoms with Gasteiger partial charge in [0, 0.05) is 58.9 Å². The highest BCUT2D eigenvalue weighted by atomic mass is 31.1. The van der Waals surface area contributed by atoms with E-state index < -0.39 is 0 Å². The van der Waals surface area contributed by atoms with Crippen molar-refractivity contribution in [2.45, 2.75) is 119 Å². The van der Waals surface area contributed by atoms with Crippen molar-refractivity contribution in [1.29, 1.82) is 0 Å². The summed E-state index contributed by atoms with van der Waals surface area (Å²) in [5, 5.41) is 1.48. The van der Waals surface area contributed by atoms with Crippen LogP contribution in [0.2, 0.25) is 0 Å². The minimum Gasteiger partial charge on any atom is -0.367 e. The first-order valence-corrected chi connectivity index (χ1v) is 16.2. The van der Waals surface area contributed by atoms with Crippen LogP contribution in [0.5, 0.6) is 0 Å². The second-order valence-corrected chi connectivity index (χ2v) is 14.3. The largest absolute Gasteiger partial charge is 0.367 e. The topological polar surface area (TPSA) is 9.72 Å². The molecule has 0 unspecified atom stereocenters. The van der Waals surface area contributed by atoms with E-state index >= 15 is 0 Å². The smallest absolute Gasteiger partial charge is 0.0492 e. The summed E-state index contributed by atoms with van der Waals surface area (Å²) in [4.78, 5) is 7.83. The van der Waals surface area contributed by atoms with Gasteiger partial charge in [0.2, 0.25) is 0 Å². The van der Waals surface area contributed by atoms with Crippen molar-refractivity contribution in [3.8, 4) is 11.1 Å². The molecule has 3 nitrogen and oxygen atoms in total. The Morgan fingerprint density at radius 3 is 1.22 bits per heavy atom. The maximum absolute atomic E-state index is 2.63. The lowest BCUT2D eigenvalue weighted by atomic mass is 9.95. The molecule has 2 aromatic rings. The zero-order valence-corrected chi connectivity index (χ0v) is 26.6. The zero-order chi connectivity index (χ0) is 27.5. The fourth-order valence-corrected chi connectivity index (χ4v) is 7.05. The molecular formula is C32H54N3P. The van der Waals surface area contributed by atoms with E-state index in [1.54, 1.807) is 0 Å². The van der Waals surface area contributed by atoms with Crippen molar-refractivity contribution in [3.05, 3.63) is 36.4 Å². The highest BCUT2D eigenvalue weighted by molar-refractivity contribution is 7.64. The molecule has 0 aliphatic heterocycles. The Morgan fingerprint density at radius 2 is 0.889 bits per heavy atom. The molecule has 0 spiro atoms. The first kappa shape index (κ1) is 30.5. The Morgan fingerprint density at radius 1 is 0.528 bits per heavy atom. The van der Waals surface area contributed by atoms with Gasteiger partial charge in [0.15, 0.2) is 0 Å². The molecule has 0 bridgehead atoms. The molecule has 0 aliphatic carbocycles. The molecule has 0 aliphatic rings. The average Bonchev–Trinajstić information content (AvgIpc) is 2.72. The summed E-state index contributed by atoms with van der Waals surface area (Å²) in [7, 11) is -0.253. The lowest BCUT2D eigenvalue weighted by Crippen LogP contribution is -2.41. The highest BCUT2D eigenvalue weighted by Crippen LogP contribution is 2.47. The lowest BCUT2D eigenvalue weighted by Gasteiger charge is -2.42. The molecule has 202 valence electrons. The van der Waals surface area contributed by atoms with Crippen molar-refractivity contribution in [1.82, 2.24) is 0 Å². The van der Waals surface area contributed by atoms with E-state index in [0.29, 0.717) is 36.3 Å². The van der Waals surface area contributed by atoms with E-state index in [9.17, 15) is 0 Å². The lowest BCUT2D eigenvalue weighted by molar-refractivity contribution is 0.594. The van der Waals surface area contributed by atoms with Crippen LogP contribution in [0, 0.1) is 0 Å². The van der Waals surface area contributed by atoms with E-state index in [1.165, 1.54) is 33.5 Å². The second kappa shape index (κ2) is 12.7. The van der Waals surface area contributed by atoms with Gasteiger partial charge in [-0.05, 0) is 119 Å². The summed E-state index contributed by atoms with van der Waals surface area (Å²) in [5.74, 6) is 0. The van der Waals surface area contributed by atoms with Gasteiger partial charge < -0.3 is 14.7 Å². The van der Waals surface area contributed by atoms with Gasteiger partial charge in [-0.15, -0.1) is 0 Å². The van der Waals surface area contributed by atoms with Gasteiger partial charge in [0.25, 0.3) is 0 Å². The molecule has 0 N–H and O–H groups in total. The summed E-state index contributed by atoms with van der Waals surface area (Å²) in [6.45, 7) is 32.7. The van der Waals surface area contributed by atoms with E-state index in [-0.39, 0.29) is 7.92 Å². The summed E-state index contributed by atoms with van der Waals surface area (Å²) < 4.78 is 0. The SMILES string of the molecule is CC(C)N(c1cc(N(C(C)C)C(C)C)c(-c2ccccc2P(C)C)c(N(C(C)C)C(C)C)c1)C(C)C. The first-order valence-electron chi connectivity index (χ1n) is 14.0. The predicted molar refractivity (Wildman–Crippen MR) is 169 cm³/mol. The number of hydrogen-bond donors (Lipinski definition) is 0. The number of benzene rings is 2. The van der Waals surface area contributed by atoms with Gasteiger partial charge in [0.05, 0.1) is 0 Å². The molecule has 0 heterocycles. The van der Waals surface area contributed by atoms with Crippen molar-refractivity contribution in [3.63, 3.8) is 0 Å². The van der Waals surface area contributed by atoms with Crippen LogP contribution in [-0.4, -0.2) is 49.6 Å². The third-order valence-corrected chi connectivity index (χ3v) is 8.28. The molecule has 0 saturated carbocycles. The van der Waals surface area contributed by atoms with Crippen LogP contribution in [0.4, 0.5) is 17.1 Å². The van der Waals surface area contributed by atoms with Crippen LogP contribution in [-0.2, 0) is 0 Å².